The van der Waals surface area contributed by atoms with E-state index < -0.39 is 0 Å². The van der Waals surface area contributed by atoms with E-state index in [1.807, 2.05) is 31.2 Å². The van der Waals surface area contributed by atoms with E-state index >= 15 is 0 Å². The highest BCUT2D eigenvalue weighted by atomic mass is 16.5. The third-order valence-electron chi connectivity index (χ3n) is 2.43. The van der Waals surface area contributed by atoms with E-state index in [4.69, 9.17) is 10.5 Å². The molecule has 1 rings (SSSR count). The monoisotopic (exact) mass is 234 g/mol. The summed E-state index contributed by atoms with van der Waals surface area (Å²) in [5.74, 6) is 0.649. The standard InChI is InChI=1S/C14H22N2O/c1-5-6-7-17-13-9-11(10-15)8-12(16-13)14(2,3)4/h5-6,8-9H,7,10,15H2,1-4H3/b6-5+. The first-order valence-electron chi connectivity index (χ1n) is 5.93. The van der Waals surface area contributed by atoms with Gasteiger partial charge in [-0.15, -0.1) is 0 Å². The predicted octanol–water partition coefficient (Wildman–Crippen LogP) is 2.79. The highest BCUT2D eigenvalue weighted by Gasteiger charge is 2.17. The summed E-state index contributed by atoms with van der Waals surface area (Å²) in [4.78, 5) is 4.51. The SMILES string of the molecule is C/C=C/COc1cc(CN)cc(C(C)(C)C)n1. The lowest BCUT2D eigenvalue weighted by atomic mass is 9.91. The zero-order valence-corrected chi connectivity index (χ0v) is 11.2. The van der Waals surface area contributed by atoms with Gasteiger partial charge in [-0.3, -0.25) is 0 Å². The van der Waals surface area contributed by atoms with Crippen molar-refractivity contribution in [1.29, 1.82) is 0 Å². The van der Waals surface area contributed by atoms with Gasteiger partial charge in [0.05, 0.1) is 5.69 Å². The van der Waals surface area contributed by atoms with Gasteiger partial charge in [-0.1, -0.05) is 32.9 Å². The van der Waals surface area contributed by atoms with Crippen molar-refractivity contribution in [3.05, 3.63) is 35.5 Å². The first-order valence-corrected chi connectivity index (χ1v) is 5.93. The summed E-state index contributed by atoms with van der Waals surface area (Å²) in [6.07, 6.45) is 3.91. The number of hydrogen-bond donors (Lipinski definition) is 1. The second-order valence-electron chi connectivity index (χ2n) is 5.03. The van der Waals surface area contributed by atoms with E-state index in [1.54, 1.807) is 0 Å². The Hall–Kier alpha value is -1.35. The molecule has 0 atom stereocenters. The van der Waals surface area contributed by atoms with E-state index in [0.717, 1.165) is 11.3 Å². The lowest BCUT2D eigenvalue weighted by molar-refractivity contribution is 0.344. The Morgan fingerprint density at radius 3 is 2.59 bits per heavy atom. The van der Waals surface area contributed by atoms with Gasteiger partial charge in [-0.2, -0.15) is 0 Å². The highest BCUT2D eigenvalue weighted by molar-refractivity contribution is 5.28. The van der Waals surface area contributed by atoms with Crippen LogP contribution in [0.2, 0.25) is 0 Å². The maximum absolute atomic E-state index is 5.69. The molecular weight excluding hydrogens is 212 g/mol. The molecular formula is C14H22N2O. The Morgan fingerprint density at radius 1 is 1.35 bits per heavy atom. The molecule has 1 aromatic rings. The smallest absolute Gasteiger partial charge is 0.214 e. The number of ether oxygens (including phenoxy) is 1. The van der Waals surface area contributed by atoms with Crippen LogP contribution >= 0.6 is 0 Å². The van der Waals surface area contributed by atoms with Crippen LogP contribution in [0.25, 0.3) is 0 Å². The third-order valence-corrected chi connectivity index (χ3v) is 2.43. The van der Waals surface area contributed by atoms with Crippen molar-refractivity contribution < 1.29 is 4.74 Å². The van der Waals surface area contributed by atoms with Crippen LogP contribution in [0.1, 0.15) is 39.0 Å². The molecule has 0 spiro atoms. The van der Waals surface area contributed by atoms with Crippen molar-refractivity contribution in [3.63, 3.8) is 0 Å². The minimum absolute atomic E-state index is 0.00385. The maximum atomic E-state index is 5.69. The zero-order chi connectivity index (χ0) is 12.9. The summed E-state index contributed by atoms with van der Waals surface area (Å²) < 4.78 is 5.57. The van der Waals surface area contributed by atoms with Crippen LogP contribution < -0.4 is 10.5 Å². The van der Waals surface area contributed by atoms with Crippen LogP contribution in [0.15, 0.2) is 24.3 Å². The van der Waals surface area contributed by atoms with E-state index in [-0.39, 0.29) is 5.41 Å². The minimum Gasteiger partial charge on any atom is -0.473 e. The fraction of sp³-hybridized carbons (Fsp3) is 0.500. The van der Waals surface area contributed by atoms with Crippen molar-refractivity contribution in [3.8, 4) is 5.88 Å². The van der Waals surface area contributed by atoms with Crippen molar-refractivity contribution in [2.75, 3.05) is 6.61 Å². The van der Waals surface area contributed by atoms with Gasteiger partial charge in [0.25, 0.3) is 0 Å². The van der Waals surface area contributed by atoms with E-state index in [2.05, 4.69) is 25.8 Å². The summed E-state index contributed by atoms with van der Waals surface area (Å²) in [6, 6.07) is 3.95. The molecule has 0 aliphatic carbocycles. The molecule has 0 fully saturated rings. The fourth-order valence-electron chi connectivity index (χ4n) is 1.36. The fourth-order valence-corrected chi connectivity index (χ4v) is 1.36. The Balaban J connectivity index is 2.97. The van der Waals surface area contributed by atoms with Crippen molar-refractivity contribution in [2.45, 2.75) is 39.7 Å². The Morgan fingerprint density at radius 2 is 2.06 bits per heavy atom. The Kier molecular flexibility index (Phi) is 4.70. The summed E-state index contributed by atoms with van der Waals surface area (Å²) in [5.41, 5.74) is 7.76. The zero-order valence-electron chi connectivity index (χ0n) is 11.2. The predicted molar refractivity (Wildman–Crippen MR) is 71.1 cm³/mol. The molecule has 3 nitrogen and oxygen atoms in total. The Labute approximate surface area is 104 Å². The number of rotatable bonds is 4. The van der Waals surface area contributed by atoms with Crippen molar-refractivity contribution >= 4 is 0 Å². The van der Waals surface area contributed by atoms with Gasteiger partial charge in [0, 0.05) is 18.0 Å². The van der Waals surface area contributed by atoms with Gasteiger partial charge in [0.15, 0.2) is 0 Å². The number of nitrogens with zero attached hydrogens (tertiary/aromatic N) is 1. The molecule has 2 N–H and O–H groups in total. The number of allylic oxidation sites excluding steroid dienone is 1. The molecule has 0 aliphatic rings. The van der Waals surface area contributed by atoms with E-state index in [9.17, 15) is 0 Å². The average Bonchev–Trinajstić information content (AvgIpc) is 2.28. The van der Waals surface area contributed by atoms with Gasteiger partial charge in [-0.25, -0.2) is 4.98 Å². The molecule has 0 aromatic carbocycles. The second kappa shape index (κ2) is 5.82. The van der Waals surface area contributed by atoms with Crippen LogP contribution in [-0.2, 0) is 12.0 Å². The molecule has 0 aliphatic heterocycles. The maximum Gasteiger partial charge on any atom is 0.214 e. The van der Waals surface area contributed by atoms with Crippen LogP contribution in [0.4, 0.5) is 0 Å². The first-order chi connectivity index (χ1) is 7.97. The number of hydrogen-bond acceptors (Lipinski definition) is 3. The van der Waals surface area contributed by atoms with Gasteiger partial charge in [0.2, 0.25) is 5.88 Å². The summed E-state index contributed by atoms with van der Waals surface area (Å²) in [6.45, 7) is 9.41. The van der Waals surface area contributed by atoms with Crippen LogP contribution in [0.3, 0.4) is 0 Å². The molecule has 17 heavy (non-hydrogen) atoms. The molecule has 0 saturated heterocycles. The molecule has 0 radical (unpaired) electrons. The molecule has 0 amide bonds. The summed E-state index contributed by atoms with van der Waals surface area (Å²) in [5, 5.41) is 0. The van der Waals surface area contributed by atoms with Crippen LogP contribution in [-0.4, -0.2) is 11.6 Å². The molecule has 1 aromatic heterocycles. The minimum atomic E-state index is 0.00385. The Bertz CT molecular complexity index is 392. The van der Waals surface area contributed by atoms with E-state index in [1.165, 1.54) is 0 Å². The van der Waals surface area contributed by atoms with E-state index in [0.29, 0.717) is 19.0 Å². The van der Waals surface area contributed by atoms with Crippen molar-refractivity contribution in [1.82, 2.24) is 4.98 Å². The summed E-state index contributed by atoms with van der Waals surface area (Å²) in [7, 11) is 0. The molecule has 94 valence electrons. The highest BCUT2D eigenvalue weighted by Crippen LogP contribution is 2.24. The number of aromatic nitrogens is 1. The number of nitrogens with two attached hydrogens (primary N) is 1. The first kappa shape index (κ1) is 13.7. The van der Waals surface area contributed by atoms with Gasteiger partial charge in [0.1, 0.15) is 6.61 Å². The van der Waals surface area contributed by atoms with Crippen molar-refractivity contribution in [2.24, 2.45) is 5.73 Å². The van der Waals surface area contributed by atoms with Gasteiger partial charge < -0.3 is 10.5 Å². The topological polar surface area (TPSA) is 48.1 Å². The van der Waals surface area contributed by atoms with Gasteiger partial charge >= 0.3 is 0 Å². The normalized spacial score (nSPS) is 12.1. The number of pyridine rings is 1. The lowest BCUT2D eigenvalue weighted by Gasteiger charge is -2.19. The third kappa shape index (κ3) is 4.19. The average molecular weight is 234 g/mol. The molecule has 0 unspecified atom stereocenters. The molecule has 0 saturated carbocycles. The van der Waals surface area contributed by atoms with Crippen LogP contribution in [0.5, 0.6) is 5.88 Å². The second-order valence-corrected chi connectivity index (χ2v) is 5.03. The van der Waals surface area contributed by atoms with Gasteiger partial charge in [-0.05, 0) is 18.6 Å². The largest absolute Gasteiger partial charge is 0.473 e. The molecule has 1 heterocycles. The molecule has 0 bridgehead atoms. The quantitative estimate of drug-likeness (QED) is 0.815. The summed E-state index contributed by atoms with van der Waals surface area (Å²) >= 11 is 0. The van der Waals surface area contributed by atoms with Crippen LogP contribution in [0, 0.1) is 0 Å². The lowest BCUT2D eigenvalue weighted by Crippen LogP contribution is -2.15. The molecule has 3 heteroatoms.